The molecule has 0 atom stereocenters. The van der Waals surface area contributed by atoms with Crippen molar-refractivity contribution in [3.8, 4) is 11.3 Å². The molecule has 2 aromatic carbocycles. The summed E-state index contributed by atoms with van der Waals surface area (Å²) in [5.41, 5.74) is 3.90. The molecule has 9 heteroatoms. The number of furan rings is 1. The summed E-state index contributed by atoms with van der Waals surface area (Å²) in [5, 5.41) is 15.8. The number of halogens is 3. The quantitative estimate of drug-likeness (QED) is 0.306. The van der Waals surface area contributed by atoms with Gasteiger partial charge in [0.2, 0.25) is 0 Å². The number of hydrazone groups is 1. The van der Waals surface area contributed by atoms with Gasteiger partial charge in [0.1, 0.15) is 11.5 Å². The number of anilines is 1. The normalized spacial score (nSPS) is 11.0. The van der Waals surface area contributed by atoms with Crippen LogP contribution in [0.15, 0.2) is 58.0 Å². The molecule has 0 aliphatic rings. The third-order valence-electron chi connectivity index (χ3n) is 3.36. The summed E-state index contributed by atoms with van der Waals surface area (Å²) in [6.07, 6.45) is 1.45. The van der Waals surface area contributed by atoms with Crippen molar-refractivity contribution in [1.82, 2.24) is 0 Å². The Morgan fingerprint density at radius 2 is 1.69 bits per heavy atom. The summed E-state index contributed by atoms with van der Waals surface area (Å²) in [4.78, 5) is 10.2. The highest BCUT2D eigenvalue weighted by Gasteiger charge is 2.09. The van der Waals surface area contributed by atoms with Crippen molar-refractivity contribution in [2.24, 2.45) is 5.10 Å². The molecule has 0 fully saturated rings. The lowest BCUT2D eigenvalue weighted by molar-refractivity contribution is -0.384. The van der Waals surface area contributed by atoms with Crippen LogP contribution in [0.2, 0.25) is 15.1 Å². The van der Waals surface area contributed by atoms with Crippen LogP contribution in [0.4, 0.5) is 11.4 Å². The zero-order chi connectivity index (χ0) is 18.7. The third-order valence-corrected chi connectivity index (χ3v) is 4.18. The molecule has 1 heterocycles. The molecule has 1 aromatic heterocycles. The van der Waals surface area contributed by atoms with Crippen molar-refractivity contribution >= 4 is 52.4 Å². The van der Waals surface area contributed by atoms with Gasteiger partial charge in [0.15, 0.2) is 0 Å². The highest BCUT2D eigenvalue weighted by molar-refractivity contribution is 6.41. The SMILES string of the molecule is O=[N+]([O-])c1ccc(-c2ccc(C=NNc3c(Cl)cc(Cl)cc3Cl)o2)cc1. The van der Waals surface area contributed by atoms with Gasteiger partial charge in [0.05, 0.1) is 26.9 Å². The van der Waals surface area contributed by atoms with Crippen LogP contribution >= 0.6 is 34.8 Å². The molecule has 0 amide bonds. The van der Waals surface area contributed by atoms with Gasteiger partial charge in [-0.1, -0.05) is 34.8 Å². The van der Waals surface area contributed by atoms with Gasteiger partial charge in [-0.15, -0.1) is 0 Å². The van der Waals surface area contributed by atoms with Crippen molar-refractivity contribution in [3.05, 3.63) is 79.5 Å². The lowest BCUT2D eigenvalue weighted by Gasteiger charge is -2.06. The molecule has 0 saturated carbocycles. The summed E-state index contributed by atoms with van der Waals surface area (Å²) in [5.74, 6) is 1.04. The molecule has 3 aromatic rings. The van der Waals surface area contributed by atoms with Gasteiger partial charge in [-0.25, -0.2) is 0 Å². The predicted molar refractivity (Wildman–Crippen MR) is 103 cm³/mol. The molecule has 0 unspecified atom stereocenters. The van der Waals surface area contributed by atoms with Crippen LogP contribution in [0, 0.1) is 10.1 Å². The van der Waals surface area contributed by atoms with Crippen molar-refractivity contribution in [2.45, 2.75) is 0 Å². The van der Waals surface area contributed by atoms with Gasteiger partial charge in [-0.05, 0) is 36.4 Å². The minimum atomic E-state index is -0.456. The number of rotatable bonds is 5. The Kier molecular flexibility index (Phi) is 5.46. The summed E-state index contributed by atoms with van der Waals surface area (Å²) < 4.78 is 5.64. The van der Waals surface area contributed by atoms with Crippen LogP contribution in [0.1, 0.15) is 5.76 Å². The topological polar surface area (TPSA) is 80.7 Å². The molecule has 0 aliphatic heterocycles. The minimum absolute atomic E-state index is 0.0167. The molecule has 0 bridgehead atoms. The molecule has 132 valence electrons. The smallest absolute Gasteiger partial charge is 0.269 e. The molecular formula is C17H10Cl3N3O3. The van der Waals surface area contributed by atoms with E-state index in [4.69, 9.17) is 39.2 Å². The lowest BCUT2D eigenvalue weighted by atomic mass is 10.1. The first-order valence-corrected chi connectivity index (χ1v) is 8.36. The predicted octanol–water partition coefficient (Wildman–Crippen LogP) is 6.26. The second kappa shape index (κ2) is 7.78. The Labute approximate surface area is 163 Å². The van der Waals surface area contributed by atoms with Gasteiger partial charge in [0, 0.05) is 22.7 Å². The second-order valence-electron chi connectivity index (χ2n) is 5.12. The molecule has 0 spiro atoms. The van der Waals surface area contributed by atoms with E-state index in [0.717, 1.165) is 0 Å². The molecule has 0 saturated heterocycles. The van der Waals surface area contributed by atoms with E-state index >= 15 is 0 Å². The Hall–Kier alpha value is -2.54. The van der Waals surface area contributed by atoms with Gasteiger partial charge in [-0.3, -0.25) is 15.5 Å². The highest BCUT2D eigenvalue weighted by Crippen LogP contribution is 2.33. The van der Waals surface area contributed by atoms with E-state index in [1.165, 1.54) is 18.3 Å². The van der Waals surface area contributed by atoms with Crippen LogP contribution in [0.25, 0.3) is 11.3 Å². The van der Waals surface area contributed by atoms with E-state index in [1.807, 2.05) is 0 Å². The van der Waals surface area contributed by atoms with Crippen molar-refractivity contribution in [1.29, 1.82) is 0 Å². The number of nitro groups is 1. The van der Waals surface area contributed by atoms with E-state index in [0.29, 0.717) is 37.8 Å². The summed E-state index contributed by atoms with van der Waals surface area (Å²) in [6, 6.07) is 12.6. The zero-order valence-corrected chi connectivity index (χ0v) is 15.2. The first-order valence-electron chi connectivity index (χ1n) is 7.22. The fourth-order valence-corrected chi connectivity index (χ4v) is 3.04. The molecule has 0 aliphatic carbocycles. The summed E-state index contributed by atoms with van der Waals surface area (Å²) >= 11 is 18.0. The standard InChI is InChI=1S/C17H10Cl3N3O3/c18-11-7-14(19)17(15(20)8-11)22-21-9-13-5-6-16(26-13)10-1-3-12(4-2-10)23(24)25/h1-9,22H. The van der Waals surface area contributed by atoms with Gasteiger partial charge in [-0.2, -0.15) is 5.10 Å². The molecular weight excluding hydrogens is 401 g/mol. The monoisotopic (exact) mass is 409 g/mol. The van der Waals surface area contributed by atoms with E-state index in [9.17, 15) is 10.1 Å². The van der Waals surface area contributed by atoms with E-state index in [1.54, 1.807) is 36.4 Å². The number of hydrogen-bond donors (Lipinski definition) is 1. The number of nitro benzene ring substituents is 1. The molecule has 6 nitrogen and oxygen atoms in total. The summed E-state index contributed by atoms with van der Waals surface area (Å²) in [7, 11) is 0. The lowest BCUT2D eigenvalue weighted by Crippen LogP contribution is -1.92. The van der Waals surface area contributed by atoms with Crippen molar-refractivity contribution < 1.29 is 9.34 Å². The minimum Gasteiger partial charge on any atom is -0.455 e. The molecule has 0 radical (unpaired) electrons. The first-order chi connectivity index (χ1) is 12.4. The fourth-order valence-electron chi connectivity index (χ4n) is 2.13. The Morgan fingerprint density at radius 1 is 1.04 bits per heavy atom. The van der Waals surface area contributed by atoms with Crippen LogP contribution < -0.4 is 5.43 Å². The number of benzene rings is 2. The Balaban J connectivity index is 1.72. The van der Waals surface area contributed by atoms with Crippen molar-refractivity contribution in [3.63, 3.8) is 0 Å². The number of non-ortho nitro benzene ring substituents is 1. The third kappa shape index (κ3) is 4.16. The highest BCUT2D eigenvalue weighted by atomic mass is 35.5. The number of nitrogens with zero attached hydrogens (tertiary/aromatic N) is 2. The summed E-state index contributed by atoms with van der Waals surface area (Å²) in [6.45, 7) is 0. The molecule has 3 rings (SSSR count). The number of hydrogen-bond acceptors (Lipinski definition) is 5. The average Bonchev–Trinajstić information content (AvgIpc) is 3.06. The van der Waals surface area contributed by atoms with Crippen LogP contribution in [-0.2, 0) is 0 Å². The average molecular weight is 411 g/mol. The van der Waals surface area contributed by atoms with Gasteiger partial charge >= 0.3 is 0 Å². The zero-order valence-electron chi connectivity index (χ0n) is 12.9. The maximum absolute atomic E-state index is 10.7. The largest absolute Gasteiger partial charge is 0.455 e. The second-order valence-corrected chi connectivity index (χ2v) is 6.37. The van der Waals surface area contributed by atoms with Crippen LogP contribution in [0.5, 0.6) is 0 Å². The van der Waals surface area contributed by atoms with Crippen LogP contribution in [-0.4, -0.2) is 11.1 Å². The Morgan fingerprint density at radius 3 is 2.31 bits per heavy atom. The van der Waals surface area contributed by atoms with E-state index in [-0.39, 0.29) is 5.69 Å². The van der Waals surface area contributed by atoms with E-state index in [2.05, 4.69) is 10.5 Å². The Bertz CT molecular complexity index is 961. The van der Waals surface area contributed by atoms with Gasteiger partial charge < -0.3 is 4.42 Å². The maximum atomic E-state index is 10.7. The molecule has 1 N–H and O–H groups in total. The van der Waals surface area contributed by atoms with E-state index < -0.39 is 4.92 Å². The van der Waals surface area contributed by atoms with Crippen molar-refractivity contribution in [2.75, 3.05) is 5.43 Å². The van der Waals surface area contributed by atoms with Gasteiger partial charge in [0.25, 0.3) is 5.69 Å². The maximum Gasteiger partial charge on any atom is 0.269 e. The number of nitrogens with one attached hydrogen (secondary N) is 1. The first kappa shape index (κ1) is 18.3. The molecule has 26 heavy (non-hydrogen) atoms. The fraction of sp³-hybridized carbons (Fsp3) is 0. The van der Waals surface area contributed by atoms with Crippen LogP contribution in [0.3, 0.4) is 0 Å².